The van der Waals surface area contributed by atoms with Gasteiger partial charge in [-0.15, -0.1) is 0 Å². The summed E-state index contributed by atoms with van der Waals surface area (Å²) in [5, 5.41) is 11.1. The van der Waals surface area contributed by atoms with Crippen molar-refractivity contribution >= 4 is 17.7 Å². The largest absolute Gasteiger partial charge is 0.481 e. The highest BCUT2D eigenvalue weighted by Gasteiger charge is 2.08. The maximum atomic E-state index is 11.5. The number of carbonyl (C=O) groups is 2. The Balaban J connectivity index is 2.32. The predicted octanol–water partition coefficient (Wildman–Crippen LogP) is 0.427. The number of aliphatic carboxylic acids is 1. The molecule has 0 unspecified atom stereocenters. The molecule has 0 aromatic carbocycles. The van der Waals surface area contributed by atoms with Crippen molar-refractivity contribution in [3.63, 3.8) is 0 Å². The first-order valence-electron chi connectivity index (χ1n) is 5.19. The van der Waals surface area contributed by atoms with Crippen LogP contribution in [0.5, 0.6) is 0 Å². The maximum absolute atomic E-state index is 11.5. The van der Waals surface area contributed by atoms with Crippen LogP contribution in [0.15, 0.2) is 24.4 Å². The van der Waals surface area contributed by atoms with Crippen molar-refractivity contribution in [2.45, 2.75) is 6.42 Å². The minimum atomic E-state index is -0.873. The molecule has 1 heterocycles. The highest BCUT2D eigenvalue weighted by atomic mass is 16.4. The third-order valence-electron chi connectivity index (χ3n) is 2.05. The number of carbonyl (C=O) groups excluding carboxylic acids is 1. The molecule has 0 radical (unpaired) electrons. The molecule has 0 spiro atoms. The number of aromatic nitrogens is 1. The SMILES string of the molecule is CN(CCC(=O)O)CC(=O)Nc1ccccn1. The normalized spacial score (nSPS) is 10.2. The molecular weight excluding hydrogens is 222 g/mol. The Morgan fingerprint density at radius 2 is 2.24 bits per heavy atom. The van der Waals surface area contributed by atoms with Crippen molar-refractivity contribution in [1.29, 1.82) is 0 Å². The van der Waals surface area contributed by atoms with E-state index in [9.17, 15) is 9.59 Å². The van der Waals surface area contributed by atoms with Gasteiger partial charge in [-0.1, -0.05) is 6.07 Å². The van der Waals surface area contributed by atoms with E-state index in [-0.39, 0.29) is 18.9 Å². The predicted molar refractivity (Wildman–Crippen MR) is 62.6 cm³/mol. The maximum Gasteiger partial charge on any atom is 0.304 e. The number of hydrogen-bond donors (Lipinski definition) is 2. The fourth-order valence-corrected chi connectivity index (χ4v) is 1.23. The number of rotatable bonds is 6. The smallest absolute Gasteiger partial charge is 0.304 e. The van der Waals surface area contributed by atoms with E-state index in [4.69, 9.17) is 5.11 Å². The topological polar surface area (TPSA) is 82.5 Å². The van der Waals surface area contributed by atoms with E-state index in [1.165, 1.54) is 0 Å². The minimum Gasteiger partial charge on any atom is -0.481 e. The molecule has 1 amide bonds. The van der Waals surface area contributed by atoms with Gasteiger partial charge in [0.15, 0.2) is 0 Å². The highest BCUT2D eigenvalue weighted by Crippen LogP contribution is 1.99. The molecule has 1 rings (SSSR count). The van der Waals surface area contributed by atoms with Crippen LogP contribution in [0.25, 0.3) is 0 Å². The lowest BCUT2D eigenvalue weighted by Gasteiger charge is -2.14. The van der Waals surface area contributed by atoms with E-state index >= 15 is 0 Å². The van der Waals surface area contributed by atoms with E-state index in [1.54, 1.807) is 36.3 Å². The number of hydrogen-bond acceptors (Lipinski definition) is 4. The molecule has 0 aliphatic rings. The fraction of sp³-hybridized carbons (Fsp3) is 0.364. The molecule has 0 atom stereocenters. The Kier molecular flexibility index (Phi) is 5.09. The second-order valence-corrected chi connectivity index (χ2v) is 3.64. The summed E-state index contributed by atoms with van der Waals surface area (Å²) >= 11 is 0. The Bertz CT molecular complexity index is 381. The van der Waals surface area contributed by atoms with Gasteiger partial charge in [-0.2, -0.15) is 0 Å². The van der Waals surface area contributed by atoms with Gasteiger partial charge in [0.1, 0.15) is 5.82 Å². The van der Waals surface area contributed by atoms with Crippen molar-refractivity contribution in [3.8, 4) is 0 Å². The molecular formula is C11H15N3O3. The number of amides is 1. The number of nitrogens with one attached hydrogen (secondary N) is 1. The Hall–Kier alpha value is -1.95. The van der Waals surface area contributed by atoms with E-state index in [2.05, 4.69) is 10.3 Å². The lowest BCUT2D eigenvalue weighted by Crippen LogP contribution is -2.31. The summed E-state index contributed by atoms with van der Waals surface area (Å²) in [6.07, 6.45) is 1.61. The summed E-state index contributed by atoms with van der Waals surface area (Å²) in [4.78, 5) is 27.5. The molecule has 0 aliphatic carbocycles. The molecule has 2 N–H and O–H groups in total. The molecule has 0 saturated heterocycles. The highest BCUT2D eigenvalue weighted by molar-refractivity contribution is 5.91. The van der Waals surface area contributed by atoms with Crippen molar-refractivity contribution in [3.05, 3.63) is 24.4 Å². The zero-order valence-electron chi connectivity index (χ0n) is 9.59. The summed E-state index contributed by atoms with van der Waals surface area (Å²) in [7, 11) is 1.70. The first-order valence-corrected chi connectivity index (χ1v) is 5.19. The van der Waals surface area contributed by atoms with Crippen LogP contribution in [0, 0.1) is 0 Å². The molecule has 92 valence electrons. The number of carboxylic acids is 1. The van der Waals surface area contributed by atoms with Crippen LogP contribution >= 0.6 is 0 Å². The number of nitrogens with zero attached hydrogens (tertiary/aromatic N) is 2. The zero-order chi connectivity index (χ0) is 12.7. The van der Waals surface area contributed by atoms with Crippen LogP contribution in [-0.2, 0) is 9.59 Å². The molecule has 17 heavy (non-hydrogen) atoms. The van der Waals surface area contributed by atoms with Crippen LogP contribution in [-0.4, -0.2) is 47.0 Å². The monoisotopic (exact) mass is 237 g/mol. The molecule has 0 aliphatic heterocycles. The average molecular weight is 237 g/mol. The van der Waals surface area contributed by atoms with Crippen LogP contribution in [0.3, 0.4) is 0 Å². The fourth-order valence-electron chi connectivity index (χ4n) is 1.23. The number of carboxylic acid groups (broad SMARTS) is 1. The number of pyridine rings is 1. The molecule has 1 aromatic rings. The molecule has 0 fully saturated rings. The van der Waals surface area contributed by atoms with Crippen LogP contribution < -0.4 is 5.32 Å². The van der Waals surface area contributed by atoms with Crippen molar-refractivity contribution in [2.24, 2.45) is 0 Å². The second-order valence-electron chi connectivity index (χ2n) is 3.64. The average Bonchev–Trinajstić information content (AvgIpc) is 2.27. The Labute approximate surface area is 99.3 Å². The van der Waals surface area contributed by atoms with Crippen molar-refractivity contribution < 1.29 is 14.7 Å². The molecule has 0 saturated carbocycles. The molecule has 6 nitrogen and oxygen atoms in total. The van der Waals surface area contributed by atoms with Gasteiger partial charge in [-0.25, -0.2) is 4.98 Å². The van der Waals surface area contributed by atoms with Gasteiger partial charge in [0, 0.05) is 12.7 Å². The number of anilines is 1. The third kappa shape index (κ3) is 5.62. The van der Waals surface area contributed by atoms with Gasteiger partial charge in [-0.05, 0) is 19.2 Å². The lowest BCUT2D eigenvalue weighted by molar-refractivity contribution is -0.137. The first-order chi connectivity index (χ1) is 8.08. The van der Waals surface area contributed by atoms with Gasteiger partial charge >= 0.3 is 5.97 Å². The Morgan fingerprint density at radius 1 is 1.47 bits per heavy atom. The van der Waals surface area contributed by atoms with Crippen LogP contribution in [0.1, 0.15) is 6.42 Å². The first kappa shape index (κ1) is 13.1. The summed E-state index contributed by atoms with van der Waals surface area (Å²) in [6.45, 7) is 0.481. The molecule has 6 heteroatoms. The minimum absolute atomic E-state index is 0.0212. The second kappa shape index (κ2) is 6.59. The van der Waals surface area contributed by atoms with E-state index in [0.29, 0.717) is 12.4 Å². The van der Waals surface area contributed by atoms with Crippen molar-refractivity contribution in [1.82, 2.24) is 9.88 Å². The molecule has 0 bridgehead atoms. The quantitative estimate of drug-likeness (QED) is 0.749. The van der Waals surface area contributed by atoms with Crippen LogP contribution in [0.4, 0.5) is 5.82 Å². The van der Waals surface area contributed by atoms with Gasteiger partial charge in [0.25, 0.3) is 0 Å². The molecule has 1 aromatic heterocycles. The van der Waals surface area contributed by atoms with Crippen molar-refractivity contribution in [2.75, 3.05) is 25.5 Å². The van der Waals surface area contributed by atoms with E-state index < -0.39 is 5.97 Å². The van der Waals surface area contributed by atoms with E-state index in [1.807, 2.05) is 0 Å². The zero-order valence-corrected chi connectivity index (χ0v) is 9.59. The summed E-state index contributed by atoms with van der Waals surface area (Å²) < 4.78 is 0. The lowest BCUT2D eigenvalue weighted by atomic mass is 10.4. The van der Waals surface area contributed by atoms with Gasteiger partial charge in [0.2, 0.25) is 5.91 Å². The third-order valence-corrected chi connectivity index (χ3v) is 2.05. The summed E-state index contributed by atoms with van der Waals surface area (Å²) in [5.74, 6) is -0.595. The number of likely N-dealkylation sites (N-methyl/N-ethyl adjacent to an activating group) is 1. The Morgan fingerprint density at radius 3 is 2.82 bits per heavy atom. The van der Waals surface area contributed by atoms with Gasteiger partial charge in [0.05, 0.1) is 13.0 Å². The standard InChI is InChI=1S/C11H15N3O3/c1-14(7-5-11(16)17)8-10(15)13-9-4-2-3-6-12-9/h2-4,6H,5,7-8H2,1H3,(H,16,17)(H,12,13,15). The van der Waals surface area contributed by atoms with E-state index in [0.717, 1.165) is 0 Å². The van der Waals surface area contributed by atoms with Gasteiger partial charge < -0.3 is 10.4 Å². The summed E-state index contributed by atoms with van der Waals surface area (Å²) in [5.41, 5.74) is 0. The summed E-state index contributed by atoms with van der Waals surface area (Å²) in [6, 6.07) is 5.22. The van der Waals surface area contributed by atoms with Crippen LogP contribution in [0.2, 0.25) is 0 Å². The van der Waals surface area contributed by atoms with Gasteiger partial charge in [-0.3, -0.25) is 14.5 Å².